The maximum atomic E-state index is 10.2. The molecule has 1 aliphatic rings. The van der Waals surface area contributed by atoms with Crippen LogP contribution in [0.15, 0.2) is 48.5 Å². The van der Waals surface area contributed by atoms with E-state index in [1.807, 2.05) is 13.0 Å². The van der Waals surface area contributed by atoms with Gasteiger partial charge in [-0.2, -0.15) is 0 Å². The van der Waals surface area contributed by atoms with Crippen LogP contribution in [0.4, 0.5) is 0 Å². The molecule has 0 amide bonds. The van der Waals surface area contributed by atoms with Gasteiger partial charge in [0.2, 0.25) is 0 Å². The first kappa shape index (κ1) is 13.7. The van der Waals surface area contributed by atoms with E-state index in [9.17, 15) is 5.11 Å². The molecule has 2 heteroatoms. The molecule has 1 N–H and O–H groups in total. The summed E-state index contributed by atoms with van der Waals surface area (Å²) in [6, 6.07) is 16.8. The van der Waals surface area contributed by atoms with Crippen LogP contribution in [0.25, 0.3) is 11.1 Å². The summed E-state index contributed by atoms with van der Waals surface area (Å²) in [6.45, 7) is 1.92. The molecule has 0 aliphatic heterocycles. The third-order valence-electron chi connectivity index (χ3n) is 3.49. The van der Waals surface area contributed by atoms with E-state index in [4.69, 9.17) is 0 Å². The van der Waals surface area contributed by atoms with Crippen LogP contribution in [0.5, 0.6) is 0 Å². The third-order valence-corrected chi connectivity index (χ3v) is 3.49. The Kier molecular flexibility index (Phi) is 3.89. The van der Waals surface area contributed by atoms with E-state index in [0.29, 0.717) is 0 Å². The van der Waals surface area contributed by atoms with Crippen LogP contribution >= 0.6 is 0 Å². The minimum absolute atomic E-state index is 0. The molecule has 90 valence electrons. The summed E-state index contributed by atoms with van der Waals surface area (Å²) in [5.41, 5.74) is 4.52. The predicted molar refractivity (Wildman–Crippen MR) is 69.9 cm³/mol. The Balaban J connectivity index is 0.00000120. The van der Waals surface area contributed by atoms with Crippen LogP contribution in [0.1, 0.15) is 18.1 Å². The van der Waals surface area contributed by atoms with Gasteiger partial charge in [-0.3, -0.25) is 0 Å². The van der Waals surface area contributed by atoms with Gasteiger partial charge in [-0.1, -0.05) is 48.5 Å². The predicted octanol–water partition coefficient (Wildman–Crippen LogP) is 3.20. The summed E-state index contributed by atoms with van der Waals surface area (Å²) in [6.07, 6.45) is 1.52. The average molecular weight is 316 g/mol. The zero-order valence-corrected chi connectivity index (χ0v) is 12.9. The van der Waals surface area contributed by atoms with Crippen molar-refractivity contribution in [2.24, 2.45) is 0 Å². The number of benzene rings is 2. The van der Waals surface area contributed by atoms with Gasteiger partial charge in [0.15, 0.2) is 0 Å². The van der Waals surface area contributed by atoms with E-state index >= 15 is 0 Å². The first-order valence-electron chi connectivity index (χ1n) is 6.04. The van der Waals surface area contributed by atoms with E-state index in [0.717, 1.165) is 12.8 Å². The molecule has 3 rings (SSSR count). The van der Waals surface area contributed by atoms with Crippen LogP contribution < -0.4 is 0 Å². The van der Waals surface area contributed by atoms with Crippen molar-refractivity contribution >= 4 is 0 Å². The monoisotopic (exact) mass is 314 g/mol. The van der Waals surface area contributed by atoms with Crippen LogP contribution in [-0.4, -0.2) is 10.7 Å². The van der Waals surface area contributed by atoms with Crippen molar-refractivity contribution in [2.45, 2.75) is 25.4 Å². The Labute approximate surface area is 127 Å². The summed E-state index contributed by atoms with van der Waals surface area (Å²) in [5.74, 6) is 0. The molecule has 0 saturated heterocycles. The second kappa shape index (κ2) is 5.11. The fraction of sp³-hybridized carbons (Fsp3) is 0.250. The topological polar surface area (TPSA) is 20.2 Å². The van der Waals surface area contributed by atoms with E-state index in [1.165, 1.54) is 22.3 Å². The molecule has 0 spiro atoms. The van der Waals surface area contributed by atoms with Gasteiger partial charge in [0.25, 0.3) is 0 Å². The van der Waals surface area contributed by atoms with Gasteiger partial charge in [-0.05, 0) is 29.2 Å². The van der Waals surface area contributed by atoms with Crippen LogP contribution in [0.2, 0.25) is 0 Å². The van der Waals surface area contributed by atoms with E-state index in [-0.39, 0.29) is 26.2 Å². The van der Waals surface area contributed by atoms with Crippen LogP contribution in [-0.2, 0) is 39.0 Å². The molecule has 0 saturated carbocycles. The number of rotatable bonds is 1. The molecule has 0 bridgehead atoms. The summed E-state index contributed by atoms with van der Waals surface area (Å²) in [7, 11) is 0. The molecule has 0 fully saturated rings. The number of aliphatic hydroxyl groups is 1. The number of hydrogen-bond donors (Lipinski definition) is 1. The SMILES string of the molecule is CC1(O)Cc2cccc(-c3ccccc3)c2C1.[Zr]. The van der Waals surface area contributed by atoms with Crippen molar-refractivity contribution in [3.05, 3.63) is 59.7 Å². The standard InChI is InChI=1S/C16H16O.Zr/c1-16(17)10-13-8-5-9-14(15(13)11-16)12-6-3-2-4-7-12;/h2-9,17H,10-11H2,1H3;. The minimum Gasteiger partial charge on any atom is -0.389 e. The second-order valence-electron chi connectivity index (χ2n) is 5.16. The zero-order chi connectivity index (χ0) is 11.9. The van der Waals surface area contributed by atoms with Crippen molar-refractivity contribution in [3.63, 3.8) is 0 Å². The molecular formula is C16H16OZr. The summed E-state index contributed by atoms with van der Waals surface area (Å²) >= 11 is 0. The van der Waals surface area contributed by atoms with E-state index < -0.39 is 5.60 Å². The molecule has 0 radical (unpaired) electrons. The van der Waals surface area contributed by atoms with Gasteiger partial charge in [-0.15, -0.1) is 0 Å². The maximum absolute atomic E-state index is 10.2. The Bertz CT molecular complexity index is 546. The molecule has 0 aromatic heterocycles. The van der Waals surface area contributed by atoms with Crippen LogP contribution in [0.3, 0.4) is 0 Å². The fourth-order valence-corrected chi connectivity index (χ4v) is 2.75. The molecule has 1 atom stereocenters. The minimum atomic E-state index is -0.576. The smallest absolute Gasteiger partial charge is 0.0700 e. The molecule has 2 aromatic carbocycles. The second-order valence-corrected chi connectivity index (χ2v) is 5.16. The van der Waals surface area contributed by atoms with Gasteiger partial charge in [0, 0.05) is 39.0 Å². The molecule has 1 nitrogen and oxygen atoms in total. The summed E-state index contributed by atoms with van der Waals surface area (Å²) in [4.78, 5) is 0. The first-order valence-corrected chi connectivity index (χ1v) is 6.04. The summed E-state index contributed by atoms with van der Waals surface area (Å²) in [5, 5.41) is 10.2. The molecule has 1 aliphatic carbocycles. The summed E-state index contributed by atoms with van der Waals surface area (Å²) < 4.78 is 0. The molecular weight excluding hydrogens is 299 g/mol. The molecule has 18 heavy (non-hydrogen) atoms. The van der Waals surface area contributed by atoms with Crippen LogP contribution in [0, 0.1) is 0 Å². The third kappa shape index (κ3) is 2.50. The Morgan fingerprint density at radius 1 is 0.944 bits per heavy atom. The van der Waals surface area contributed by atoms with E-state index in [2.05, 4.69) is 42.5 Å². The number of fused-ring (bicyclic) bond motifs is 1. The van der Waals surface area contributed by atoms with Crippen molar-refractivity contribution in [1.82, 2.24) is 0 Å². The van der Waals surface area contributed by atoms with Gasteiger partial charge in [-0.25, -0.2) is 0 Å². The zero-order valence-electron chi connectivity index (χ0n) is 10.5. The normalized spacial score (nSPS) is 21.2. The molecule has 1 unspecified atom stereocenters. The maximum Gasteiger partial charge on any atom is 0.0700 e. The van der Waals surface area contributed by atoms with Crippen molar-refractivity contribution in [3.8, 4) is 11.1 Å². The van der Waals surface area contributed by atoms with Gasteiger partial charge >= 0.3 is 0 Å². The Hall–Kier alpha value is -0.717. The van der Waals surface area contributed by atoms with Crippen molar-refractivity contribution in [1.29, 1.82) is 0 Å². The Morgan fingerprint density at radius 3 is 2.39 bits per heavy atom. The quantitative estimate of drug-likeness (QED) is 0.857. The van der Waals surface area contributed by atoms with Crippen molar-refractivity contribution in [2.75, 3.05) is 0 Å². The van der Waals surface area contributed by atoms with Gasteiger partial charge in [0.1, 0.15) is 0 Å². The largest absolute Gasteiger partial charge is 0.389 e. The first-order chi connectivity index (χ1) is 8.16. The number of hydrogen-bond acceptors (Lipinski definition) is 1. The van der Waals surface area contributed by atoms with E-state index in [1.54, 1.807) is 0 Å². The Morgan fingerprint density at radius 2 is 1.67 bits per heavy atom. The molecule has 0 heterocycles. The average Bonchev–Trinajstić information content (AvgIpc) is 2.63. The molecule has 2 aromatic rings. The fourth-order valence-electron chi connectivity index (χ4n) is 2.75. The van der Waals surface area contributed by atoms with Gasteiger partial charge in [0.05, 0.1) is 5.60 Å². The van der Waals surface area contributed by atoms with Crippen molar-refractivity contribution < 1.29 is 31.3 Å². The van der Waals surface area contributed by atoms with Gasteiger partial charge < -0.3 is 5.11 Å².